The van der Waals surface area contributed by atoms with E-state index < -0.39 is 13.0 Å². The van der Waals surface area contributed by atoms with E-state index in [1.54, 1.807) is 37.0 Å². The summed E-state index contributed by atoms with van der Waals surface area (Å²) in [6.45, 7) is 1.18. The van der Waals surface area contributed by atoms with Crippen LogP contribution in [0.25, 0.3) is 0 Å². The highest BCUT2D eigenvalue weighted by molar-refractivity contribution is 5.85. The maximum Gasteiger partial charge on any atom is 0.366 e. The number of aliphatic imine (C=N–C) groups is 4. The third-order valence-corrected chi connectivity index (χ3v) is 6.28. The molecule has 2 heterocycles. The molecule has 0 saturated heterocycles. The van der Waals surface area contributed by atoms with E-state index in [1.165, 1.54) is 6.08 Å². The minimum Gasteiger partial charge on any atom is -0.432 e. The Kier molecular flexibility index (Phi) is 10.7. The van der Waals surface area contributed by atoms with Crippen molar-refractivity contribution in [2.45, 2.75) is 19.9 Å². The third-order valence-electron chi connectivity index (χ3n) is 6.28. The predicted molar refractivity (Wildman–Crippen MR) is 172 cm³/mol. The van der Waals surface area contributed by atoms with Gasteiger partial charge in [0.15, 0.2) is 0 Å². The molecule has 9 nitrogen and oxygen atoms in total. The van der Waals surface area contributed by atoms with Crippen LogP contribution >= 0.6 is 0 Å². The molecule has 0 amide bonds. The highest BCUT2D eigenvalue weighted by atomic mass is 16.9. The van der Waals surface area contributed by atoms with E-state index in [-0.39, 0.29) is 0 Å². The lowest BCUT2D eigenvalue weighted by molar-refractivity contribution is -0.328. The summed E-state index contributed by atoms with van der Waals surface area (Å²) in [4.78, 5) is 18.0. The summed E-state index contributed by atoms with van der Waals surface area (Å²) in [6.07, 6.45) is 15.6. The second-order valence-electron chi connectivity index (χ2n) is 9.49. The number of fused-ring (bicyclic) bond motifs is 3. The molecule has 1 atom stereocenters. The van der Waals surface area contributed by atoms with Gasteiger partial charge in [0.2, 0.25) is 0 Å². The van der Waals surface area contributed by atoms with Gasteiger partial charge >= 0.3 is 13.0 Å². The Labute approximate surface area is 257 Å². The molecule has 0 bridgehead atoms. The van der Waals surface area contributed by atoms with Crippen LogP contribution < -0.4 is 14.2 Å². The first-order chi connectivity index (χ1) is 21.7. The van der Waals surface area contributed by atoms with Gasteiger partial charge in [0.25, 0.3) is 0 Å². The smallest absolute Gasteiger partial charge is 0.366 e. The van der Waals surface area contributed by atoms with Gasteiger partial charge in [-0.1, -0.05) is 42.3 Å². The molecule has 1 unspecified atom stereocenters. The summed E-state index contributed by atoms with van der Waals surface area (Å²) < 4.78 is 31.7. The van der Waals surface area contributed by atoms with Gasteiger partial charge in [-0.3, -0.25) is 20.0 Å². The molecule has 2 aliphatic heterocycles. The molecule has 0 spiro atoms. The Morgan fingerprint density at radius 1 is 0.636 bits per heavy atom. The Morgan fingerprint density at radius 2 is 1.05 bits per heavy atom. The Morgan fingerprint density at radius 3 is 1.50 bits per heavy atom. The zero-order chi connectivity index (χ0) is 30.4. The van der Waals surface area contributed by atoms with Crippen LogP contribution in [0.1, 0.15) is 23.6 Å². The average molecular weight is 589 g/mol. The molecular formula is C35H32N4O5. The summed E-state index contributed by atoms with van der Waals surface area (Å²) in [5, 5.41) is 0. The van der Waals surface area contributed by atoms with Crippen molar-refractivity contribution in [3.05, 3.63) is 113 Å². The lowest BCUT2D eigenvalue weighted by Gasteiger charge is -2.27. The van der Waals surface area contributed by atoms with Gasteiger partial charge in [-0.15, -0.1) is 6.42 Å². The van der Waals surface area contributed by atoms with Crippen LogP contribution in [0.15, 0.2) is 116 Å². The molecule has 5 rings (SSSR count). The second-order valence-corrected chi connectivity index (χ2v) is 9.49. The van der Waals surface area contributed by atoms with Crippen LogP contribution in [-0.4, -0.2) is 64.0 Å². The fourth-order valence-corrected chi connectivity index (χ4v) is 4.12. The van der Waals surface area contributed by atoms with Crippen molar-refractivity contribution in [1.82, 2.24) is 0 Å². The molecule has 3 aromatic rings. The first-order valence-electron chi connectivity index (χ1n) is 14.1. The van der Waals surface area contributed by atoms with Crippen LogP contribution in [0.3, 0.4) is 0 Å². The molecule has 2 aliphatic rings. The van der Waals surface area contributed by atoms with E-state index in [4.69, 9.17) is 30.1 Å². The third kappa shape index (κ3) is 8.53. The van der Waals surface area contributed by atoms with Crippen molar-refractivity contribution in [2.75, 3.05) is 26.2 Å². The predicted octanol–water partition coefficient (Wildman–Crippen LogP) is 5.64. The van der Waals surface area contributed by atoms with Crippen molar-refractivity contribution in [3.63, 3.8) is 0 Å². The lowest BCUT2D eigenvalue weighted by atomic mass is 10.2. The van der Waals surface area contributed by atoms with E-state index >= 15 is 0 Å². The van der Waals surface area contributed by atoms with Gasteiger partial charge in [0, 0.05) is 47.1 Å². The normalized spacial score (nSPS) is 20.5. The monoisotopic (exact) mass is 588 g/mol. The Hall–Kier alpha value is -5.46. The first-order valence-corrected chi connectivity index (χ1v) is 14.1. The highest BCUT2D eigenvalue weighted by Gasteiger charge is 2.26. The quantitative estimate of drug-likeness (QED) is 0.369. The summed E-state index contributed by atoms with van der Waals surface area (Å²) >= 11 is 0. The van der Waals surface area contributed by atoms with Crippen LogP contribution in [0.4, 0.5) is 0 Å². The number of rotatable bonds is 3. The summed E-state index contributed by atoms with van der Waals surface area (Å²) in [5.41, 5.74) is 2.91. The standard InChI is InChI=1S/C35H32N4O5/c1-3-4-14-30-26(2)22-36-18-19-37-23-27-11-5-8-15-31(27)41-34(40-30)44-35-42-32-16-9-6-12-28(32)24-38-20-21-39-25-29-13-7-10-17-33(29)43-35/h1,4-17,22-25,34-35H,18-21H2,2H3/b14-4-,30-26-,36-22?,37-23?,38-24?,39-25?. The van der Waals surface area contributed by atoms with E-state index in [2.05, 4.69) is 25.9 Å². The molecule has 9 heteroatoms. The van der Waals surface area contributed by atoms with Crippen molar-refractivity contribution in [3.8, 4) is 29.6 Å². The zero-order valence-electron chi connectivity index (χ0n) is 24.3. The summed E-state index contributed by atoms with van der Waals surface area (Å²) in [5.74, 6) is 4.34. The van der Waals surface area contributed by atoms with Crippen LogP contribution in [-0.2, 0) is 9.47 Å². The maximum absolute atomic E-state index is 6.35. The fourth-order valence-electron chi connectivity index (χ4n) is 4.12. The van der Waals surface area contributed by atoms with Gasteiger partial charge in [-0.2, -0.15) is 0 Å². The molecule has 44 heavy (non-hydrogen) atoms. The molecule has 0 aromatic heterocycles. The lowest BCUT2D eigenvalue weighted by Crippen LogP contribution is -2.37. The van der Waals surface area contributed by atoms with Gasteiger partial charge in [0.1, 0.15) is 23.0 Å². The summed E-state index contributed by atoms with van der Waals surface area (Å²) in [7, 11) is 0. The van der Waals surface area contributed by atoms with Gasteiger partial charge < -0.3 is 18.9 Å². The van der Waals surface area contributed by atoms with Gasteiger partial charge in [-0.05, 0) is 55.5 Å². The van der Waals surface area contributed by atoms with Crippen LogP contribution in [0.5, 0.6) is 17.2 Å². The first kappa shape index (κ1) is 30.0. The fraction of sp³-hybridized carbons (Fsp3) is 0.200. The SMILES string of the molecule is C#C/C=C\C1=C(/C)C=NCCN=Cc2ccccc2OC(OC2Oc3ccccc3C=NCCN=Cc3ccccc3O2)O1. The molecule has 0 aliphatic carbocycles. The maximum atomic E-state index is 6.35. The van der Waals surface area contributed by atoms with E-state index in [0.717, 1.165) is 16.7 Å². The molecule has 3 aromatic carbocycles. The number of hydrogen-bond donors (Lipinski definition) is 0. The summed E-state index contributed by atoms with van der Waals surface area (Å²) in [6, 6.07) is 22.3. The number of terminal acetylenes is 1. The minimum absolute atomic E-state index is 0.388. The highest BCUT2D eigenvalue weighted by Crippen LogP contribution is 2.26. The molecule has 0 radical (unpaired) electrons. The largest absolute Gasteiger partial charge is 0.432 e. The van der Waals surface area contributed by atoms with Crippen molar-refractivity contribution >= 4 is 24.9 Å². The van der Waals surface area contributed by atoms with E-state index in [1.807, 2.05) is 73.7 Å². The Bertz CT molecular complexity index is 1590. The second kappa shape index (κ2) is 15.7. The van der Waals surface area contributed by atoms with Crippen molar-refractivity contribution in [1.29, 1.82) is 0 Å². The minimum atomic E-state index is -1.37. The zero-order valence-corrected chi connectivity index (χ0v) is 24.3. The number of benzene rings is 3. The number of para-hydroxylation sites is 3. The Balaban J connectivity index is 1.57. The number of hydrogen-bond acceptors (Lipinski definition) is 9. The average Bonchev–Trinajstić information content (AvgIpc) is 3.06. The molecule has 0 fully saturated rings. The number of allylic oxidation sites excluding steroid dienone is 3. The van der Waals surface area contributed by atoms with Gasteiger partial charge in [-0.25, -0.2) is 4.74 Å². The number of ether oxygens (including phenoxy) is 5. The topological polar surface area (TPSA) is 95.6 Å². The van der Waals surface area contributed by atoms with Crippen molar-refractivity contribution < 1.29 is 23.7 Å². The van der Waals surface area contributed by atoms with Gasteiger partial charge in [0.05, 0.1) is 26.2 Å². The van der Waals surface area contributed by atoms with E-state index in [0.29, 0.717) is 54.8 Å². The van der Waals surface area contributed by atoms with E-state index in [9.17, 15) is 0 Å². The molecule has 0 N–H and O–H groups in total. The van der Waals surface area contributed by atoms with Crippen LogP contribution in [0.2, 0.25) is 0 Å². The van der Waals surface area contributed by atoms with Crippen LogP contribution in [0, 0.1) is 12.3 Å². The molecule has 0 saturated carbocycles. The molecular weight excluding hydrogens is 556 g/mol. The molecule has 222 valence electrons. The number of nitrogens with zero attached hydrogens (tertiary/aromatic N) is 4. The van der Waals surface area contributed by atoms with Crippen molar-refractivity contribution in [2.24, 2.45) is 20.0 Å².